The van der Waals surface area contributed by atoms with E-state index in [0.717, 1.165) is 5.69 Å². The fourth-order valence-corrected chi connectivity index (χ4v) is 2.06. The first-order valence-electron chi connectivity index (χ1n) is 6.04. The van der Waals surface area contributed by atoms with Crippen molar-refractivity contribution in [2.24, 2.45) is 5.73 Å². The van der Waals surface area contributed by atoms with Gasteiger partial charge in [-0.3, -0.25) is 14.7 Å². The lowest BCUT2D eigenvalue weighted by Gasteiger charge is -2.13. The van der Waals surface area contributed by atoms with Gasteiger partial charge in [0.15, 0.2) is 0 Å². The summed E-state index contributed by atoms with van der Waals surface area (Å²) in [6.45, 7) is 0.463. The number of carbonyl (C=O) groups is 1. The van der Waals surface area contributed by atoms with E-state index in [1.165, 1.54) is 4.90 Å². The van der Waals surface area contributed by atoms with Gasteiger partial charge in [0, 0.05) is 31.4 Å². The number of pyridine rings is 1. The van der Waals surface area contributed by atoms with Gasteiger partial charge in [-0.05, 0) is 18.2 Å². The number of nitrogens with two attached hydrogens (primary N) is 1. The Morgan fingerprint density at radius 3 is 2.74 bits per heavy atom. The highest BCUT2D eigenvalue weighted by molar-refractivity contribution is 5.94. The van der Waals surface area contributed by atoms with Crippen LogP contribution in [0.25, 0.3) is 11.4 Å². The Hall–Kier alpha value is -2.34. The Bertz CT molecular complexity index is 601. The topological polar surface area (TPSA) is 85.0 Å². The number of carbonyl (C=O) groups excluding carboxylic acids is 1. The highest BCUT2D eigenvalue weighted by Gasteiger charge is 2.29. The van der Waals surface area contributed by atoms with Crippen molar-refractivity contribution in [1.82, 2.24) is 15.0 Å². The molecule has 1 aliphatic rings. The maximum atomic E-state index is 11.8. The van der Waals surface area contributed by atoms with Gasteiger partial charge < -0.3 is 5.73 Å². The van der Waals surface area contributed by atoms with Crippen LogP contribution in [0.4, 0.5) is 5.95 Å². The van der Waals surface area contributed by atoms with E-state index in [9.17, 15) is 4.79 Å². The van der Waals surface area contributed by atoms with Crippen LogP contribution in [-0.2, 0) is 4.79 Å². The molecule has 1 amide bonds. The SMILES string of the molecule is NC1CC(=O)N(c2nccc(-c3ccccn3)n2)C1. The molecule has 6 nitrogen and oxygen atoms in total. The molecular weight excluding hydrogens is 242 g/mol. The molecule has 0 aromatic carbocycles. The summed E-state index contributed by atoms with van der Waals surface area (Å²) in [5.74, 6) is 0.353. The zero-order chi connectivity index (χ0) is 13.2. The van der Waals surface area contributed by atoms with Gasteiger partial charge in [0.25, 0.3) is 0 Å². The molecule has 1 saturated heterocycles. The number of anilines is 1. The first-order valence-corrected chi connectivity index (χ1v) is 6.04. The molecule has 19 heavy (non-hydrogen) atoms. The smallest absolute Gasteiger partial charge is 0.232 e. The molecule has 1 aliphatic heterocycles. The molecule has 1 atom stereocenters. The number of hydrogen-bond donors (Lipinski definition) is 1. The van der Waals surface area contributed by atoms with E-state index in [2.05, 4.69) is 15.0 Å². The number of aromatic nitrogens is 3. The van der Waals surface area contributed by atoms with Gasteiger partial charge in [-0.25, -0.2) is 9.97 Å². The third-order valence-corrected chi connectivity index (χ3v) is 2.97. The predicted molar refractivity (Wildman–Crippen MR) is 70.2 cm³/mol. The lowest BCUT2D eigenvalue weighted by molar-refractivity contribution is -0.117. The van der Waals surface area contributed by atoms with Gasteiger partial charge in [-0.15, -0.1) is 0 Å². The zero-order valence-corrected chi connectivity index (χ0v) is 10.2. The number of hydrogen-bond acceptors (Lipinski definition) is 5. The van der Waals surface area contributed by atoms with Crippen LogP contribution in [0.3, 0.4) is 0 Å². The van der Waals surface area contributed by atoms with Crippen molar-refractivity contribution in [3.8, 4) is 11.4 Å². The van der Waals surface area contributed by atoms with Crippen LogP contribution in [-0.4, -0.2) is 33.4 Å². The van der Waals surface area contributed by atoms with Crippen molar-refractivity contribution in [2.45, 2.75) is 12.5 Å². The lowest BCUT2D eigenvalue weighted by Crippen LogP contribution is -2.29. The third-order valence-electron chi connectivity index (χ3n) is 2.97. The molecule has 3 heterocycles. The third kappa shape index (κ3) is 2.30. The lowest BCUT2D eigenvalue weighted by atomic mass is 10.2. The van der Waals surface area contributed by atoms with Crippen LogP contribution in [0.5, 0.6) is 0 Å². The molecule has 1 fully saturated rings. The Balaban J connectivity index is 1.95. The van der Waals surface area contributed by atoms with Crippen molar-refractivity contribution >= 4 is 11.9 Å². The van der Waals surface area contributed by atoms with E-state index in [1.54, 1.807) is 18.5 Å². The minimum Gasteiger partial charge on any atom is -0.326 e. The molecule has 1 unspecified atom stereocenters. The minimum absolute atomic E-state index is 0.0364. The molecule has 2 aromatic rings. The van der Waals surface area contributed by atoms with Crippen LogP contribution >= 0.6 is 0 Å². The summed E-state index contributed by atoms with van der Waals surface area (Å²) in [6, 6.07) is 7.22. The highest BCUT2D eigenvalue weighted by atomic mass is 16.2. The van der Waals surface area contributed by atoms with Crippen LogP contribution < -0.4 is 10.6 Å². The van der Waals surface area contributed by atoms with E-state index < -0.39 is 0 Å². The number of nitrogens with zero attached hydrogens (tertiary/aromatic N) is 4. The number of amides is 1. The average Bonchev–Trinajstić information content (AvgIpc) is 2.79. The fourth-order valence-electron chi connectivity index (χ4n) is 2.06. The Kier molecular flexibility index (Phi) is 2.92. The van der Waals surface area contributed by atoms with Gasteiger partial charge in [-0.1, -0.05) is 6.07 Å². The van der Waals surface area contributed by atoms with Gasteiger partial charge >= 0.3 is 0 Å². The largest absolute Gasteiger partial charge is 0.326 e. The van der Waals surface area contributed by atoms with Crippen LogP contribution in [0.2, 0.25) is 0 Å². The van der Waals surface area contributed by atoms with Crippen molar-refractivity contribution < 1.29 is 4.79 Å². The normalized spacial score (nSPS) is 18.9. The van der Waals surface area contributed by atoms with E-state index >= 15 is 0 Å². The second-order valence-electron chi connectivity index (χ2n) is 4.43. The van der Waals surface area contributed by atoms with Gasteiger partial charge in [0.1, 0.15) is 0 Å². The van der Waals surface area contributed by atoms with Gasteiger partial charge in [0.2, 0.25) is 11.9 Å². The van der Waals surface area contributed by atoms with E-state index in [4.69, 9.17) is 5.73 Å². The zero-order valence-electron chi connectivity index (χ0n) is 10.2. The molecule has 3 rings (SSSR count). The fraction of sp³-hybridized carbons (Fsp3) is 0.231. The maximum Gasteiger partial charge on any atom is 0.232 e. The van der Waals surface area contributed by atoms with Gasteiger partial charge in [-0.2, -0.15) is 0 Å². The van der Waals surface area contributed by atoms with E-state index in [0.29, 0.717) is 24.6 Å². The Morgan fingerprint density at radius 1 is 1.16 bits per heavy atom. The Morgan fingerprint density at radius 2 is 2.05 bits per heavy atom. The molecular formula is C13H13N5O. The van der Waals surface area contributed by atoms with Crippen molar-refractivity contribution in [2.75, 3.05) is 11.4 Å². The molecule has 2 aromatic heterocycles. The Labute approximate surface area is 110 Å². The summed E-state index contributed by atoms with van der Waals surface area (Å²) in [7, 11) is 0. The molecule has 0 aliphatic carbocycles. The monoisotopic (exact) mass is 255 g/mol. The quantitative estimate of drug-likeness (QED) is 0.849. The molecule has 0 radical (unpaired) electrons. The molecule has 0 saturated carbocycles. The van der Waals surface area contributed by atoms with Crippen LogP contribution in [0.1, 0.15) is 6.42 Å². The summed E-state index contributed by atoms with van der Waals surface area (Å²) in [4.78, 5) is 26.1. The molecule has 2 N–H and O–H groups in total. The summed E-state index contributed by atoms with van der Waals surface area (Å²) in [5.41, 5.74) is 7.22. The standard InChI is InChI=1S/C13H13N5O/c14-9-7-12(19)18(8-9)13-16-6-4-11(17-13)10-3-1-2-5-15-10/h1-6,9H,7-8,14H2. The maximum absolute atomic E-state index is 11.8. The van der Waals surface area contributed by atoms with Crippen molar-refractivity contribution in [1.29, 1.82) is 0 Å². The van der Waals surface area contributed by atoms with Crippen LogP contribution in [0.15, 0.2) is 36.7 Å². The summed E-state index contributed by atoms with van der Waals surface area (Å²) >= 11 is 0. The first-order chi connectivity index (χ1) is 9.24. The second kappa shape index (κ2) is 4.74. The van der Waals surface area contributed by atoms with Crippen LogP contribution in [0, 0.1) is 0 Å². The number of rotatable bonds is 2. The van der Waals surface area contributed by atoms with Gasteiger partial charge in [0.05, 0.1) is 11.4 Å². The van der Waals surface area contributed by atoms with Crippen molar-refractivity contribution in [3.05, 3.63) is 36.7 Å². The molecule has 0 spiro atoms. The van der Waals surface area contributed by atoms with E-state index in [1.807, 2.05) is 18.2 Å². The van der Waals surface area contributed by atoms with Crippen molar-refractivity contribution in [3.63, 3.8) is 0 Å². The molecule has 6 heteroatoms. The summed E-state index contributed by atoms with van der Waals surface area (Å²) in [5, 5.41) is 0. The predicted octanol–water partition coefficient (Wildman–Crippen LogP) is 0.603. The molecule has 96 valence electrons. The summed E-state index contributed by atoms with van der Waals surface area (Å²) < 4.78 is 0. The molecule has 0 bridgehead atoms. The average molecular weight is 255 g/mol. The minimum atomic E-state index is -0.144. The first kappa shape index (κ1) is 11.7. The summed E-state index contributed by atoms with van der Waals surface area (Å²) in [6.07, 6.45) is 3.68. The van der Waals surface area contributed by atoms with E-state index in [-0.39, 0.29) is 11.9 Å². The highest BCUT2D eigenvalue weighted by Crippen LogP contribution is 2.20. The second-order valence-corrected chi connectivity index (χ2v) is 4.43.